The number of Topliss-reactive ketones (excluding diaryl/α,β-unsaturated/α-hetero) is 1. The number of benzene rings is 2. The molecule has 0 saturated heterocycles. The molecule has 202 valence electrons. The van der Waals surface area contributed by atoms with Gasteiger partial charge < -0.3 is 19.1 Å². The van der Waals surface area contributed by atoms with E-state index in [2.05, 4.69) is 0 Å². The normalized spacial score (nSPS) is 20.5. The van der Waals surface area contributed by atoms with E-state index in [4.69, 9.17) is 9.47 Å². The van der Waals surface area contributed by atoms with Crippen LogP contribution in [-0.4, -0.2) is 33.5 Å². The molecule has 0 amide bonds. The summed E-state index contributed by atoms with van der Waals surface area (Å²) in [7, 11) is 1.66. The molecule has 2 atom stereocenters. The lowest BCUT2D eigenvalue weighted by Crippen LogP contribution is -2.29. The van der Waals surface area contributed by atoms with Gasteiger partial charge >= 0.3 is 11.9 Å². The van der Waals surface area contributed by atoms with E-state index in [1.165, 1.54) is 4.57 Å². The van der Waals surface area contributed by atoms with Crippen LogP contribution in [0.25, 0.3) is 17.0 Å². The van der Waals surface area contributed by atoms with Crippen molar-refractivity contribution in [1.29, 1.82) is 0 Å². The van der Waals surface area contributed by atoms with Crippen molar-refractivity contribution in [1.82, 2.24) is 4.57 Å². The van der Waals surface area contributed by atoms with Gasteiger partial charge in [0.2, 0.25) is 0 Å². The van der Waals surface area contributed by atoms with E-state index in [1.54, 1.807) is 32.2 Å². The highest BCUT2D eigenvalue weighted by Gasteiger charge is 2.37. The maximum absolute atomic E-state index is 13.4. The van der Waals surface area contributed by atoms with Crippen LogP contribution in [0, 0.1) is 0 Å². The molecule has 0 spiro atoms. The monoisotopic (exact) mass is 529 g/mol. The van der Waals surface area contributed by atoms with Crippen LogP contribution in [-0.2, 0) is 21.4 Å². The van der Waals surface area contributed by atoms with Crippen LogP contribution >= 0.6 is 0 Å². The number of fused-ring (bicyclic) bond motifs is 3. The predicted octanol–water partition coefficient (Wildman–Crippen LogP) is 5.17. The Hall–Kier alpha value is -4.20. The molecule has 39 heavy (non-hydrogen) atoms. The largest absolute Gasteiger partial charge is 0.507 e. The van der Waals surface area contributed by atoms with Crippen molar-refractivity contribution in [2.45, 2.75) is 63.9 Å². The number of ether oxygens (including phenoxy) is 2. The molecular formula is C31H31NO7. The maximum Gasteiger partial charge on any atom is 0.342 e. The van der Waals surface area contributed by atoms with Crippen LogP contribution in [0.1, 0.15) is 84.8 Å². The van der Waals surface area contributed by atoms with Crippen LogP contribution < -0.4 is 10.3 Å². The average Bonchev–Trinajstić information content (AvgIpc) is 2.89. The zero-order valence-electron chi connectivity index (χ0n) is 22.1. The lowest BCUT2D eigenvalue weighted by Gasteiger charge is -2.27. The molecule has 2 aliphatic heterocycles. The number of esters is 2. The van der Waals surface area contributed by atoms with E-state index >= 15 is 0 Å². The number of carbonyl (C=O) groups is 3. The Balaban J connectivity index is 1.67. The number of ketones is 1. The fourth-order valence-electron chi connectivity index (χ4n) is 5.48. The molecule has 0 saturated carbocycles. The lowest BCUT2D eigenvalue weighted by atomic mass is 9.83. The zero-order valence-corrected chi connectivity index (χ0v) is 22.1. The zero-order chi connectivity index (χ0) is 27.7. The van der Waals surface area contributed by atoms with E-state index in [1.807, 2.05) is 30.3 Å². The van der Waals surface area contributed by atoms with Crippen molar-refractivity contribution in [2.75, 3.05) is 0 Å². The number of hydrogen-bond donors (Lipinski definition) is 1. The van der Waals surface area contributed by atoms with Crippen LogP contribution in [0.5, 0.6) is 11.5 Å². The first-order valence-electron chi connectivity index (χ1n) is 13.3. The SMILES string of the molecule is C[C@@H]1CCCC(=O)CCCC=Cc2cc3c(c(O)c2C(=O)O1)[C@H](c1cc2ccccc2n(C)c1=O)CC(=O)O3. The minimum absolute atomic E-state index is 0.0365. The predicted molar refractivity (Wildman–Crippen MR) is 146 cm³/mol. The summed E-state index contributed by atoms with van der Waals surface area (Å²) in [4.78, 5) is 51.6. The van der Waals surface area contributed by atoms with Crippen molar-refractivity contribution >= 4 is 34.7 Å². The van der Waals surface area contributed by atoms with E-state index in [0.29, 0.717) is 49.7 Å². The van der Waals surface area contributed by atoms with Crippen molar-refractivity contribution < 1.29 is 29.0 Å². The molecule has 3 heterocycles. The van der Waals surface area contributed by atoms with E-state index in [-0.39, 0.29) is 40.4 Å². The summed E-state index contributed by atoms with van der Waals surface area (Å²) in [5.41, 5.74) is 1.28. The van der Waals surface area contributed by atoms with Gasteiger partial charge in [-0.2, -0.15) is 0 Å². The van der Waals surface area contributed by atoms with Gasteiger partial charge in [0.25, 0.3) is 5.56 Å². The first-order chi connectivity index (χ1) is 18.7. The molecule has 1 aromatic heterocycles. The molecule has 5 rings (SSSR count). The molecule has 2 aliphatic rings. The highest BCUT2D eigenvalue weighted by atomic mass is 16.5. The fourth-order valence-corrected chi connectivity index (χ4v) is 5.48. The molecule has 0 bridgehead atoms. The highest BCUT2D eigenvalue weighted by molar-refractivity contribution is 5.98. The molecule has 8 heteroatoms. The van der Waals surface area contributed by atoms with Gasteiger partial charge in [-0.15, -0.1) is 0 Å². The molecule has 8 nitrogen and oxygen atoms in total. The molecule has 3 aromatic rings. The topological polar surface area (TPSA) is 112 Å². The molecule has 2 aromatic carbocycles. The van der Waals surface area contributed by atoms with Gasteiger partial charge in [-0.3, -0.25) is 14.4 Å². The van der Waals surface area contributed by atoms with E-state index in [9.17, 15) is 24.3 Å². The Morgan fingerprint density at radius 3 is 2.62 bits per heavy atom. The first kappa shape index (κ1) is 26.4. The highest BCUT2D eigenvalue weighted by Crippen LogP contribution is 2.46. The van der Waals surface area contributed by atoms with Gasteiger partial charge in [0, 0.05) is 36.9 Å². The van der Waals surface area contributed by atoms with Gasteiger partial charge in [0.05, 0.1) is 18.0 Å². The number of para-hydroxylation sites is 1. The van der Waals surface area contributed by atoms with E-state index < -0.39 is 24.0 Å². The number of nitrogens with zero attached hydrogens (tertiary/aromatic N) is 1. The Kier molecular flexibility index (Phi) is 7.37. The standard InChI is InChI=1S/C31H31NO7/c1-18-9-8-13-21(33)12-5-3-4-11-20-16-25-28(29(35)27(20)31(37)38-18)22(17-26(34)39-25)23-15-19-10-6-7-14-24(19)32(2)30(23)36/h4,6-7,10-11,14-16,18,22,35H,3,5,8-9,12-13,17H2,1-2H3/t18-,22+/m1/s1. The quantitative estimate of drug-likeness (QED) is 0.342. The maximum atomic E-state index is 13.4. The van der Waals surface area contributed by atoms with Crippen LogP contribution in [0.15, 0.2) is 47.3 Å². The summed E-state index contributed by atoms with van der Waals surface area (Å²) in [5.74, 6) is -2.15. The number of phenolic OH excluding ortho intramolecular Hbond substituents is 1. The Bertz CT molecular complexity index is 1570. The van der Waals surface area contributed by atoms with Gasteiger partial charge in [-0.05, 0) is 61.8 Å². The Morgan fingerprint density at radius 1 is 1.03 bits per heavy atom. The van der Waals surface area contributed by atoms with Crippen molar-refractivity contribution in [3.8, 4) is 11.5 Å². The second-order valence-electron chi connectivity index (χ2n) is 10.3. The third-order valence-electron chi connectivity index (χ3n) is 7.51. The van der Waals surface area contributed by atoms with Crippen LogP contribution in [0.4, 0.5) is 0 Å². The number of aromatic nitrogens is 1. The summed E-state index contributed by atoms with van der Waals surface area (Å²) < 4.78 is 12.7. The number of phenols is 1. The first-order valence-corrected chi connectivity index (χ1v) is 13.3. The summed E-state index contributed by atoms with van der Waals surface area (Å²) in [6.45, 7) is 1.75. The van der Waals surface area contributed by atoms with Gasteiger partial charge in [0.15, 0.2) is 0 Å². The molecule has 0 fully saturated rings. The molecule has 0 aliphatic carbocycles. The smallest absolute Gasteiger partial charge is 0.342 e. The van der Waals surface area contributed by atoms with Crippen molar-refractivity contribution in [3.05, 3.63) is 75.1 Å². The molecular weight excluding hydrogens is 498 g/mol. The number of allylic oxidation sites excluding steroid dienone is 1. The summed E-state index contributed by atoms with van der Waals surface area (Å²) in [6, 6.07) is 10.7. The fraction of sp³-hybridized carbons (Fsp3) is 0.355. The third-order valence-corrected chi connectivity index (χ3v) is 7.51. The number of cyclic esters (lactones) is 1. The molecule has 1 N–H and O–H groups in total. The number of rotatable bonds is 1. The molecule has 0 radical (unpaired) electrons. The second-order valence-corrected chi connectivity index (χ2v) is 10.3. The number of aryl methyl sites for hydroxylation is 1. The summed E-state index contributed by atoms with van der Waals surface area (Å²) >= 11 is 0. The average molecular weight is 530 g/mol. The van der Waals surface area contributed by atoms with Crippen LogP contribution in [0.3, 0.4) is 0 Å². The molecule has 0 unspecified atom stereocenters. The summed E-state index contributed by atoms with van der Waals surface area (Å²) in [5, 5.41) is 12.4. The Labute approximate surface area is 225 Å². The number of aromatic hydroxyl groups is 1. The van der Waals surface area contributed by atoms with Crippen molar-refractivity contribution in [2.24, 2.45) is 7.05 Å². The number of carbonyl (C=O) groups excluding carboxylic acids is 3. The second kappa shape index (κ2) is 10.9. The minimum Gasteiger partial charge on any atom is -0.507 e. The minimum atomic E-state index is -0.817. The lowest BCUT2D eigenvalue weighted by molar-refractivity contribution is -0.135. The number of pyridine rings is 1. The van der Waals surface area contributed by atoms with Gasteiger partial charge in [0.1, 0.15) is 22.8 Å². The number of hydrogen-bond acceptors (Lipinski definition) is 7. The Morgan fingerprint density at radius 2 is 1.79 bits per heavy atom. The van der Waals surface area contributed by atoms with Gasteiger partial charge in [-0.1, -0.05) is 30.4 Å². The van der Waals surface area contributed by atoms with Gasteiger partial charge in [-0.25, -0.2) is 4.79 Å². The third kappa shape index (κ3) is 5.24. The van der Waals surface area contributed by atoms with Crippen LogP contribution in [0.2, 0.25) is 0 Å². The summed E-state index contributed by atoms with van der Waals surface area (Å²) in [6.07, 6.45) is 6.16. The van der Waals surface area contributed by atoms with Crippen molar-refractivity contribution in [3.63, 3.8) is 0 Å². The van der Waals surface area contributed by atoms with E-state index in [0.717, 1.165) is 10.9 Å².